The highest BCUT2D eigenvalue weighted by molar-refractivity contribution is 5.76. The first kappa shape index (κ1) is 17.0. The van der Waals surface area contributed by atoms with Crippen LogP contribution in [-0.4, -0.2) is 41.5 Å². The number of benzene rings is 1. The highest BCUT2D eigenvalue weighted by Crippen LogP contribution is 2.22. The van der Waals surface area contributed by atoms with Crippen molar-refractivity contribution in [2.24, 2.45) is 5.73 Å². The van der Waals surface area contributed by atoms with Gasteiger partial charge in [0.2, 0.25) is 5.91 Å². The number of likely N-dealkylation sites (tertiary alicyclic amines) is 1. The molecule has 2 unspecified atom stereocenters. The van der Waals surface area contributed by atoms with Crippen molar-refractivity contribution in [3.63, 3.8) is 0 Å². The zero-order valence-corrected chi connectivity index (χ0v) is 14.1. The summed E-state index contributed by atoms with van der Waals surface area (Å²) in [5.74, 6) is 0.204. The topological polar surface area (TPSA) is 49.6 Å². The third kappa shape index (κ3) is 4.08. The Morgan fingerprint density at radius 1 is 1.41 bits per heavy atom. The Labute approximate surface area is 134 Å². The van der Waals surface area contributed by atoms with Crippen molar-refractivity contribution >= 4 is 5.91 Å². The van der Waals surface area contributed by atoms with Gasteiger partial charge in [-0.15, -0.1) is 0 Å². The van der Waals surface area contributed by atoms with Crippen LogP contribution in [0.2, 0.25) is 0 Å². The monoisotopic (exact) mass is 303 g/mol. The molecule has 1 amide bonds. The summed E-state index contributed by atoms with van der Waals surface area (Å²) in [6.45, 7) is 5.91. The average molecular weight is 303 g/mol. The molecule has 1 fully saturated rings. The molecule has 0 aromatic heterocycles. The summed E-state index contributed by atoms with van der Waals surface area (Å²) in [5, 5.41) is 0. The number of carbonyl (C=O) groups excluding carboxylic acids is 1. The van der Waals surface area contributed by atoms with Crippen LogP contribution in [0.4, 0.5) is 0 Å². The van der Waals surface area contributed by atoms with Crippen LogP contribution in [0.5, 0.6) is 0 Å². The maximum atomic E-state index is 12.1. The van der Waals surface area contributed by atoms with Gasteiger partial charge in [0, 0.05) is 25.6 Å². The summed E-state index contributed by atoms with van der Waals surface area (Å²) < 4.78 is 0. The highest BCUT2D eigenvalue weighted by Gasteiger charge is 2.30. The van der Waals surface area contributed by atoms with E-state index in [2.05, 4.69) is 43.1 Å². The van der Waals surface area contributed by atoms with E-state index in [-0.39, 0.29) is 12.1 Å². The van der Waals surface area contributed by atoms with Crippen molar-refractivity contribution in [3.8, 4) is 0 Å². The van der Waals surface area contributed by atoms with Gasteiger partial charge in [0.15, 0.2) is 0 Å². The Bertz CT molecular complexity index is 503. The van der Waals surface area contributed by atoms with Crippen molar-refractivity contribution < 1.29 is 4.79 Å². The third-order valence-electron chi connectivity index (χ3n) is 4.71. The Morgan fingerprint density at radius 3 is 2.77 bits per heavy atom. The molecule has 0 spiro atoms. The van der Waals surface area contributed by atoms with Gasteiger partial charge in [-0.05, 0) is 44.4 Å². The van der Waals surface area contributed by atoms with E-state index in [9.17, 15) is 4.79 Å². The standard InChI is InChI=1S/C18H29N3O/c1-4-7-18(22)21-11-10-16(12-17(21)19)20(3)13-15-9-6-5-8-14(15)2/h5-6,8-9,16-17H,4,7,10-13,19H2,1-3H3. The Kier molecular flexibility index (Phi) is 5.98. The maximum Gasteiger partial charge on any atom is 0.223 e. The van der Waals surface area contributed by atoms with Crippen molar-refractivity contribution in [2.45, 2.75) is 58.3 Å². The second-order valence-corrected chi connectivity index (χ2v) is 6.42. The molecule has 0 radical (unpaired) electrons. The summed E-state index contributed by atoms with van der Waals surface area (Å²) in [6, 6.07) is 8.95. The Morgan fingerprint density at radius 2 is 2.14 bits per heavy atom. The van der Waals surface area contributed by atoms with Crippen LogP contribution in [0.3, 0.4) is 0 Å². The number of hydrogen-bond acceptors (Lipinski definition) is 3. The van der Waals surface area contributed by atoms with Gasteiger partial charge >= 0.3 is 0 Å². The van der Waals surface area contributed by atoms with Crippen molar-refractivity contribution in [1.82, 2.24) is 9.80 Å². The van der Waals surface area contributed by atoms with Crippen LogP contribution in [0.25, 0.3) is 0 Å². The predicted octanol–water partition coefficient (Wildman–Crippen LogP) is 2.50. The van der Waals surface area contributed by atoms with Gasteiger partial charge in [-0.2, -0.15) is 0 Å². The van der Waals surface area contributed by atoms with E-state index in [4.69, 9.17) is 5.73 Å². The zero-order chi connectivity index (χ0) is 16.1. The van der Waals surface area contributed by atoms with Crippen LogP contribution in [0.1, 0.15) is 43.7 Å². The molecule has 1 saturated heterocycles. The predicted molar refractivity (Wildman–Crippen MR) is 90.3 cm³/mol. The second kappa shape index (κ2) is 7.75. The minimum absolute atomic E-state index is 0.142. The van der Waals surface area contributed by atoms with Crippen LogP contribution in [0.15, 0.2) is 24.3 Å². The minimum Gasteiger partial charge on any atom is -0.327 e. The first-order valence-electron chi connectivity index (χ1n) is 8.32. The van der Waals surface area contributed by atoms with Gasteiger partial charge in [0.25, 0.3) is 0 Å². The lowest BCUT2D eigenvalue weighted by Gasteiger charge is -2.41. The molecule has 1 aliphatic heterocycles. The summed E-state index contributed by atoms with van der Waals surface area (Å²) >= 11 is 0. The molecule has 0 saturated carbocycles. The SMILES string of the molecule is CCCC(=O)N1CCC(N(C)Cc2ccccc2C)CC1N. The van der Waals surface area contributed by atoms with E-state index in [0.29, 0.717) is 12.5 Å². The number of aryl methyl sites for hydroxylation is 1. The van der Waals surface area contributed by atoms with E-state index in [0.717, 1.165) is 32.4 Å². The largest absolute Gasteiger partial charge is 0.327 e. The molecular weight excluding hydrogens is 274 g/mol. The Balaban J connectivity index is 1.92. The van der Waals surface area contributed by atoms with E-state index in [1.807, 2.05) is 11.8 Å². The lowest BCUT2D eigenvalue weighted by Crippen LogP contribution is -2.54. The molecule has 1 aromatic carbocycles. The summed E-state index contributed by atoms with van der Waals surface area (Å²) in [5.41, 5.74) is 8.93. The van der Waals surface area contributed by atoms with Gasteiger partial charge in [-0.25, -0.2) is 0 Å². The molecule has 2 N–H and O–H groups in total. The van der Waals surface area contributed by atoms with E-state index in [1.54, 1.807) is 0 Å². The number of hydrogen-bond donors (Lipinski definition) is 1. The molecule has 1 aliphatic rings. The van der Waals surface area contributed by atoms with Gasteiger partial charge in [0.1, 0.15) is 0 Å². The van der Waals surface area contributed by atoms with Gasteiger partial charge in [-0.3, -0.25) is 9.69 Å². The number of amides is 1. The van der Waals surface area contributed by atoms with Gasteiger partial charge in [-0.1, -0.05) is 31.2 Å². The van der Waals surface area contributed by atoms with Crippen LogP contribution < -0.4 is 5.73 Å². The first-order valence-corrected chi connectivity index (χ1v) is 8.32. The minimum atomic E-state index is -0.142. The quantitative estimate of drug-likeness (QED) is 0.909. The molecular formula is C18H29N3O. The summed E-state index contributed by atoms with van der Waals surface area (Å²) in [4.78, 5) is 16.3. The van der Waals surface area contributed by atoms with Gasteiger partial charge in [0.05, 0.1) is 6.17 Å². The molecule has 122 valence electrons. The fourth-order valence-electron chi connectivity index (χ4n) is 3.23. The fraction of sp³-hybridized carbons (Fsp3) is 0.611. The normalized spacial score (nSPS) is 22.1. The maximum absolute atomic E-state index is 12.1. The molecule has 2 rings (SSSR count). The Hall–Kier alpha value is -1.39. The number of piperidine rings is 1. The summed E-state index contributed by atoms with van der Waals surface area (Å²) in [7, 11) is 2.16. The van der Waals surface area contributed by atoms with Crippen molar-refractivity contribution in [2.75, 3.05) is 13.6 Å². The van der Waals surface area contributed by atoms with E-state index in [1.165, 1.54) is 11.1 Å². The fourth-order valence-corrected chi connectivity index (χ4v) is 3.23. The molecule has 1 aromatic rings. The third-order valence-corrected chi connectivity index (χ3v) is 4.71. The van der Waals surface area contributed by atoms with Crippen molar-refractivity contribution in [1.29, 1.82) is 0 Å². The van der Waals surface area contributed by atoms with Gasteiger partial charge < -0.3 is 10.6 Å². The molecule has 2 atom stereocenters. The van der Waals surface area contributed by atoms with E-state index >= 15 is 0 Å². The van der Waals surface area contributed by atoms with Crippen molar-refractivity contribution in [3.05, 3.63) is 35.4 Å². The average Bonchev–Trinajstić information content (AvgIpc) is 2.49. The van der Waals surface area contributed by atoms with E-state index < -0.39 is 0 Å². The first-order chi connectivity index (χ1) is 10.5. The molecule has 4 nitrogen and oxygen atoms in total. The molecule has 0 aliphatic carbocycles. The highest BCUT2D eigenvalue weighted by atomic mass is 16.2. The molecule has 4 heteroatoms. The lowest BCUT2D eigenvalue weighted by molar-refractivity contribution is -0.135. The summed E-state index contributed by atoms with van der Waals surface area (Å²) in [6.07, 6.45) is 3.22. The second-order valence-electron chi connectivity index (χ2n) is 6.42. The lowest BCUT2D eigenvalue weighted by atomic mass is 9.99. The number of carbonyl (C=O) groups is 1. The van der Waals surface area contributed by atoms with Crippen LogP contribution >= 0.6 is 0 Å². The molecule has 22 heavy (non-hydrogen) atoms. The molecule has 0 bridgehead atoms. The number of nitrogens with zero attached hydrogens (tertiary/aromatic N) is 2. The molecule has 1 heterocycles. The number of rotatable bonds is 5. The number of nitrogens with two attached hydrogens (primary N) is 1. The smallest absolute Gasteiger partial charge is 0.223 e. The van der Waals surface area contributed by atoms with Crippen LogP contribution in [0, 0.1) is 6.92 Å². The van der Waals surface area contributed by atoms with Crippen LogP contribution in [-0.2, 0) is 11.3 Å². The zero-order valence-electron chi connectivity index (χ0n) is 14.1.